The van der Waals surface area contributed by atoms with E-state index in [0.29, 0.717) is 6.54 Å². The fourth-order valence-electron chi connectivity index (χ4n) is 4.28. The van der Waals surface area contributed by atoms with Gasteiger partial charge in [0.15, 0.2) is 0 Å². The lowest BCUT2D eigenvalue weighted by atomic mass is 9.67. The first kappa shape index (κ1) is 14.8. The molecule has 1 aliphatic heterocycles. The average Bonchev–Trinajstić information content (AvgIpc) is 2.80. The van der Waals surface area contributed by atoms with Crippen molar-refractivity contribution in [3.05, 3.63) is 70.2 Å². The van der Waals surface area contributed by atoms with Crippen LogP contribution < -0.4 is 0 Å². The maximum Gasteiger partial charge on any atom is 0.231 e. The molecule has 1 heterocycles. The van der Waals surface area contributed by atoms with E-state index in [-0.39, 0.29) is 17.2 Å². The molecule has 2 aliphatic rings. The van der Waals surface area contributed by atoms with Crippen LogP contribution >= 0.6 is 11.6 Å². The van der Waals surface area contributed by atoms with Gasteiger partial charge in [-0.1, -0.05) is 61.0 Å². The molecule has 2 aromatic rings. The lowest BCUT2D eigenvalue weighted by Crippen LogP contribution is -2.31. The SMILES string of the molecule is C[C@]12CCc3c(Cl)cccc3[C@@H]1C(=O)N(Cc1ccccc1)C2. The zero-order chi connectivity index (χ0) is 16.0. The van der Waals surface area contributed by atoms with Gasteiger partial charge < -0.3 is 4.90 Å². The van der Waals surface area contributed by atoms with Gasteiger partial charge in [-0.25, -0.2) is 0 Å². The summed E-state index contributed by atoms with van der Waals surface area (Å²) in [5.74, 6) is 0.202. The third-order valence-electron chi connectivity index (χ3n) is 5.44. The molecule has 0 N–H and O–H groups in total. The number of hydrogen-bond acceptors (Lipinski definition) is 1. The summed E-state index contributed by atoms with van der Waals surface area (Å²) in [5, 5.41) is 0.804. The van der Waals surface area contributed by atoms with E-state index in [2.05, 4.69) is 25.1 Å². The third-order valence-corrected chi connectivity index (χ3v) is 5.79. The molecule has 2 atom stereocenters. The predicted octanol–water partition coefficient (Wildman–Crippen LogP) is 4.42. The highest BCUT2D eigenvalue weighted by atomic mass is 35.5. The zero-order valence-corrected chi connectivity index (χ0v) is 14.0. The largest absolute Gasteiger partial charge is 0.337 e. The molecule has 4 rings (SSSR count). The van der Waals surface area contributed by atoms with Crippen LogP contribution in [-0.4, -0.2) is 17.4 Å². The molecule has 0 aromatic heterocycles. The molecule has 0 radical (unpaired) electrons. The van der Waals surface area contributed by atoms with Crippen LogP contribution in [0.15, 0.2) is 48.5 Å². The highest BCUT2D eigenvalue weighted by Crippen LogP contribution is 2.52. The van der Waals surface area contributed by atoms with Gasteiger partial charge in [0.25, 0.3) is 0 Å². The molecule has 3 heteroatoms. The number of halogens is 1. The van der Waals surface area contributed by atoms with Crippen LogP contribution in [0.5, 0.6) is 0 Å². The standard InChI is InChI=1S/C20H20ClNO/c1-20-11-10-15-16(8-5-9-17(15)21)18(20)19(23)22(13-20)12-14-6-3-2-4-7-14/h2-9,18H,10-13H2,1H3/t18-,20-/m1/s1. The molecule has 1 saturated heterocycles. The number of benzene rings is 2. The Labute approximate surface area is 142 Å². The van der Waals surface area contributed by atoms with E-state index in [0.717, 1.165) is 30.0 Å². The Hall–Kier alpha value is -1.80. The molecule has 118 valence electrons. The Morgan fingerprint density at radius 2 is 1.96 bits per heavy atom. The number of rotatable bonds is 2. The van der Waals surface area contributed by atoms with Crippen molar-refractivity contribution < 1.29 is 4.79 Å². The quantitative estimate of drug-likeness (QED) is 0.800. The number of fused-ring (bicyclic) bond motifs is 3. The molecule has 2 nitrogen and oxygen atoms in total. The highest BCUT2D eigenvalue weighted by molar-refractivity contribution is 6.31. The predicted molar refractivity (Wildman–Crippen MR) is 92.5 cm³/mol. The van der Waals surface area contributed by atoms with E-state index in [4.69, 9.17) is 11.6 Å². The second-order valence-electron chi connectivity index (χ2n) is 7.07. The van der Waals surface area contributed by atoms with E-state index >= 15 is 0 Å². The maximum atomic E-state index is 13.1. The van der Waals surface area contributed by atoms with Gasteiger partial charge in [-0.2, -0.15) is 0 Å². The summed E-state index contributed by atoms with van der Waals surface area (Å²) in [7, 11) is 0. The van der Waals surface area contributed by atoms with E-state index in [9.17, 15) is 4.79 Å². The summed E-state index contributed by atoms with van der Waals surface area (Å²) < 4.78 is 0. The number of hydrogen-bond donors (Lipinski definition) is 0. The van der Waals surface area contributed by atoms with Crippen LogP contribution in [0, 0.1) is 5.41 Å². The Bertz CT molecular complexity index is 757. The zero-order valence-electron chi connectivity index (χ0n) is 13.3. The van der Waals surface area contributed by atoms with Crippen molar-refractivity contribution in [2.45, 2.75) is 32.2 Å². The van der Waals surface area contributed by atoms with Gasteiger partial charge in [0.2, 0.25) is 5.91 Å². The Morgan fingerprint density at radius 1 is 1.17 bits per heavy atom. The first-order valence-corrected chi connectivity index (χ1v) is 8.56. The van der Waals surface area contributed by atoms with Crippen molar-refractivity contribution in [1.29, 1.82) is 0 Å². The van der Waals surface area contributed by atoms with E-state index in [1.54, 1.807) is 0 Å². The summed E-state index contributed by atoms with van der Waals surface area (Å²) in [4.78, 5) is 15.1. The fraction of sp³-hybridized carbons (Fsp3) is 0.350. The minimum atomic E-state index is -0.0475. The summed E-state index contributed by atoms with van der Waals surface area (Å²) in [6.07, 6.45) is 1.99. The van der Waals surface area contributed by atoms with Gasteiger partial charge in [0.05, 0.1) is 5.92 Å². The summed E-state index contributed by atoms with van der Waals surface area (Å²) in [6.45, 7) is 3.78. The van der Waals surface area contributed by atoms with E-state index in [1.807, 2.05) is 35.2 Å². The summed E-state index contributed by atoms with van der Waals surface area (Å²) in [6, 6.07) is 16.2. The molecule has 23 heavy (non-hydrogen) atoms. The van der Waals surface area contributed by atoms with Gasteiger partial charge in [-0.15, -0.1) is 0 Å². The monoisotopic (exact) mass is 325 g/mol. The van der Waals surface area contributed by atoms with Crippen LogP contribution in [0.3, 0.4) is 0 Å². The van der Waals surface area contributed by atoms with Crippen LogP contribution in [0.4, 0.5) is 0 Å². The van der Waals surface area contributed by atoms with Gasteiger partial charge in [0.1, 0.15) is 0 Å². The van der Waals surface area contributed by atoms with Crippen molar-refractivity contribution in [2.75, 3.05) is 6.54 Å². The molecule has 2 aromatic carbocycles. The molecule has 1 aliphatic carbocycles. The van der Waals surface area contributed by atoms with E-state index < -0.39 is 0 Å². The van der Waals surface area contributed by atoms with Crippen molar-refractivity contribution in [1.82, 2.24) is 4.90 Å². The first-order chi connectivity index (χ1) is 11.1. The normalized spacial score (nSPS) is 26.1. The maximum absolute atomic E-state index is 13.1. The van der Waals surface area contributed by atoms with Crippen molar-refractivity contribution in [3.8, 4) is 0 Å². The van der Waals surface area contributed by atoms with Crippen LogP contribution in [-0.2, 0) is 17.8 Å². The highest BCUT2D eigenvalue weighted by Gasteiger charge is 2.52. The lowest BCUT2D eigenvalue weighted by molar-refractivity contribution is -0.129. The van der Waals surface area contributed by atoms with Crippen molar-refractivity contribution in [2.24, 2.45) is 5.41 Å². The molecule has 1 fully saturated rings. The van der Waals surface area contributed by atoms with Crippen LogP contribution in [0.1, 0.15) is 36.0 Å². The summed E-state index contributed by atoms with van der Waals surface area (Å²) in [5.41, 5.74) is 3.52. The second-order valence-corrected chi connectivity index (χ2v) is 7.48. The number of amides is 1. The first-order valence-electron chi connectivity index (χ1n) is 8.18. The molecule has 0 saturated carbocycles. The van der Waals surface area contributed by atoms with Gasteiger partial charge >= 0.3 is 0 Å². The Kier molecular flexibility index (Phi) is 3.46. The molecule has 0 unspecified atom stereocenters. The van der Waals surface area contributed by atoms with Crippen LogP contribution in [0.25, 0.3) is 0 Å². The van der Waals surface area contributed by atoms with Gasteiger partial charge in [0, 0.05) is 23.5 Å². The molecule has 0 bridgehead atoms. The third kappa shape index (κ3) is 2.36. The fourth-order valence-corrected chi connectivity index (χ4v) is 4.55. The van der Waals surface area contributed by atoms with Gasteiger partial charge in [-0.3, -0.25) is 4.79 Å². The van der Waals surface area contributed by atoms with Crippen molar-refractivity contribution in [3.63, 3.8) is 0 Å². The number of carbonyl (C=O) groups excluding carboxylic acids is 1. The Balaban J connectivity index is 1.69. The number of likely N-dealkylation sites (tertiary alicyclic amines) is 1. The van der Waals surface area contributed by atoms with Crippen LogP contribution in [0.2, 0.25) is 5.02 Å². The number of nitrogens with zero attached hydrogens (tertiary/aromatic N) is 1. The topological polar surface area (TPSA) is 20.3 Å². The second kappa shape index (κ2) is 5.38. The molecule has 0 spiro atoms. The number of carbonyl (C=O) groups is 1. The minimum Gasteiger partial charge on any atom is -0.337 e. The average molecular weight is 326 g/mol. The molecular formula is C20H20ClNO. The molecule has 1 amide bonds. The van der Waals surface area contributed by atoms with Gasteiger partial charge in [-0.05, 0) is 35.6 Å². The Morgan fingerprint density at radius 3 is 2.74 bits per heavy atom. The smallest absolute Gasteiger partial charge is 0.231 e. The summed E-state index contributed by atoms with van der Waals surface area (Å²) >= 11 is 6.37. The lowest BCUT2D eigenvalue weighted by Gasteiger charge is -2.35. The molecular weight excluding hydrogens is 306 g/mol. The minimum absolute atomic E-state index is 0.0174. The van der Waals surface area contributed by atoms with Crippen molar-refractivity contribution >= 4 is 17.5 Å². The van der Waals surface area contributed by atoms with E-state index in [1.165, 1.54) is 11.1 Å².